The van der Waals surface area contributed by atoms with Gasteiger partial charge in [-0.2, -0.15) is 0 Å². The van der Waals surface area contributed by atoms with Gasteiger partial charge in [0.2, 0.25) is 22.8 Å². The van der Waals surface area contributed by atoms with Crippen LogP contribution in [0, 0.1) is 83.1 Å². The molecule has 0 saturated heterocycles. The van der Waals surface area contributed by atoms with Gasteiger partial charge in [0.15, 0.2) is 24.8 Å². The fraction of sp³-hybridized carbons (Fsp3) is 0.393. The highest BCUT2D eigenvalue weighted by atomic mass is 14.9. The van der Waals surface area contributed by atoms with Gasteiger partial charge in [0, 0.05) is 46.5 Å². The number of benzene rings is 8. The molecular weight excluding hydrogens is 1400 g/mol. The van der Waals surface area contributed by atoms with E-state index in [1.807, 2.05) is 0 Å². The van der Waals surface area contributed by atoms with Gasteiger partial charge in [-0.3, -0.25) is 0 Å². The maximum absolute atomic E-state index is 2.46. The SMILES string of the molecule is Cc1cc(-c2c(C)cc(C)c3c2Cc2ccccc2-3)[n+](C)cc1C1CCCCC1.Cc1cc(-c2c(C)ccc3c2Cc2cccc(C)c2-3)[n+](C)cc1C1CCCCC1.Cc1ccc2c(c1)-c1ccc(C)c(-c3cc(C)c(C4CCCCC4)c[n+]3C)c1C2.Cc1ccc2c(c1)Cc1c-2ccc(C)c1-c1cc(C)c(C2CCCCC2)c[n+]1C. The first-order valence-corrected chi connectivity index (χ1v) is 45.0. The number of hydrogen-bond donors (Lipinski definition) is 0. The number of rotatable bonds is 8. The Morgan fingerprint density at radius 3 is 1.02 bits per heavy atom. The minimum absolute atomic E-state index is 0.748. The second-order valence-electron chi connectivity index (χ2n) is 37.4. The Labute approximate surface area is 696 Å². The fourth-order valence-electron chi connectivity index (χ4n) is 23.2. The molecule has 0 N–H and O–H groups in total. The van der Waals surface area contributed by atoms with Crippen LogP contribution in [0.5, 0.6) is 0 Å². The van der Waals surface area contributed by atoms with Crippen molar-refractivity contribution in [1.29, 1.82) is 0 Å². The van der Waals surface area contributed by atoms with Crippen LogP contribution in [-0.4, -0.2) is 0 Å². The van der Waals surface area contributed by atoms with E-state index >= 15 is 0 Å². The van der Waals surface area contributed by atoms with E-state index in [2.05, 4.69) is 300 Å². The molecule has 4 nitrogen and oxygen atoms in total. The van der Waals surface area contributed by atoms with Gasteiger partial charge in [-0.1, -0.05) is 210 Å². The van der Waals surface area contributed by atoms with Crippen LogP contribution in [-0.2, 0) is 53.9 Å². The maximum atomic E-state index is 2.46. The van der Waals surface area contributed by atoms with E-state index in [4.69, 9.17) is 0 Å². The molecule has 20 rings (SSSR count). The van der Waals surface area contributed by atoms with Gasteiger partial charge < -0.3 is 0 Å². The molecular formula is C112H128N4+4. The molecule has 116 heavy (non-hydrogen) atoms. The Bertz CT molecular complexity index is 5830. The normalized spacial score (nSPS) is 16.0. The Balaban J connectivity index is 0.000000111. The largest absolute Gasteiger partial charge is 0.213 e. The first-order chi connectivity index (χ1) is 56.1. The van der Waals surface area contributed by atoms with Crippen molar-refractivity contribution in [1.82, 2.24) is 0 Å². The minimum atomic E-state index is 0.748. The van der Waals surface area contributed by atoms with Crippen molar-refractivity contribution in [2.24, 2.45) is 28.2 Å². The molecule has 12 aromatic rings. The van der Waals surface area contributed by atoms with Crippen molar-refractivity contribution in [3.8, 4) is 89.5 Å². The van der Waals surface area contributed by atoms with Crippen LogP contribution in [0.3, 0.4) is 0 Å². The zero-order valence-corrected chi connectivity index (χ0v) is 73.2. The lowest BCUT2D eigenvalue weighted by Gasteiger charge is -2.23. The summed E-state index contributed by atoms with van der Waals surface area (Å²) in [6.07, 6.45) is 41.5. The Hall–Kier alpha value is -9.64. The fourth-order valence-corrected chi connectivity index (χ4v) is 23.2. The molecule has 4 saturated carbocycles. The van der Waals surface area contributed by atoms with Crippen molar-refractivity contribution in [3.63, 3.8) is 0 Å². The highest BCUT2D eigenvalue weighted by molar-refractivity contribution is 5.90. The molecule has 8 aliphatic carbocycles. The summed E-state index contributed by atoms with van der Waals surface area (Å²) in [6.45, 7) is 27.3. The lowest BCUT2D eigenvalue weighted by atomic mass is 9.82. The van der Waals surface area contributed by atoms with Gasteiger partial charge in [0.25, 0.3) is 0 Å². The lowest BCUT2D eigenvalue weighted by Crippen LogP contribution is -2.33. The number of pyridine rings is 4. The second-order valence-corrected chi connectivity index (χ2v) is 37.4. The van der Waals surface area contributed by atoms with E-state index in [-0.39, 0.29) is 0 Å². The Morgan fingerprint density at radius 1 is 0.216 bits per heavy atom. The molecule has 0 aliphatic heterocycles. The lowest BCUT2D eigenvalue weighted by molar-refractivity contribution is -0.661. The van der Waals surface area contributed by atoms with Crippen molar-refractivity contribution in [2.45, 2.75) is 261 Å². The molecule has 8 aromatic carbocycles. The minimum Gasteiger partial charge on any atom is -0.201 e. The predicted octanol–water partition coefficient (Wildman–Crippen LogP) is 26.9. The van der Waals surface area contributed by atoms with Crippen molar-refractivity contribution in [3.05, 3.63) is 304 Å². The summed E-state index contributed by atoms with van der Waals surface area (Å²) >= 11 is 0. The predicted molar refractivity (Wildman–Crippen MR) is 485 cm³/mol. The van der Waals surface area contributed by atoms with E-state index in [0.29, 0.717) is 0 Å². The van der Waals surface area contributed by atoms with E-state index in [1.165, 1.54) is 329 Å². The maximum Gasteiger partial charge on any atom is 0.213 e. The van der Waals surface area contributed by atoms with Crippen molar-refractivity contribution < 1.29 is 18.3 Å². The average molecular weight is 1530 g/mol. The van der Waals surface area contributed by atoms with Crippen LogP contribution in [0.1, 0.15) is 286 Å². The van der Waals surface area contributed by atoms with Crippen LogP contribution in [0.25, 0.3) is 89.5 Å². The summed E-state index contributed by atoms with van der Waals surface area (Å²) in [6, 6.07) is 55.7. The Kier molecular flexibility index (Phi) is 22.5. The molecule has 0 radical (unpaired) electrons. The van der Waals surface area contributed by atoms with Gasteiger partial charge in [-0.25, -0.2) is 18.3 Å². The molecule has 0 unspecified atom stereocenters. The summed E-state index contributed by atoms with van der Waals surface area (Å²) < 4.78 is 9.59. The van der Waals surface area contributed by atoms with Gasteiger partial charge >= 0.3 is 0 Å². The van der Waals surface area contributed by atoms with Crippen LogP contribution in [0.15, 0.2) is 170 Å². The smallest absolute Gasteiger partial charge is 0.201 e. The van der Waals surface area contributed by atoms with Gasteiger partial charge in [-0.15, -0.1) is 0 Å². The molecule has 592 valence electrons. The highest BCUT2D eigenvalue weighted by Crippen LogP contribution is 2.50. The monoisotopic (exact) mass is 1530 g/mol. The number of fused-ring (bicyclic) bond motifs is 12. The first-order valence-electron chi connectivity index (χ1n) is 45.0. The molecule has 0 bridgehead atoms. The van der Waals surface area contributed by atoms with Crippen LogP contribution in [0.2, 0.25) is 0 Å². The standard InChI is InChI=1S/4C28H32N/c1-18-9-8-12-22-16-24-23(27(18)22)14-13-19(2)28(24)26-15-20(3)25(17-29(26)4)21-10-6-5-7-11-21;1-18-15-26(29(4)17-25(18)21-10-6-5-7-11-21)28-20(3)14-19(2)27-23-13-9-8-12-22(23)16-24(27)28;1-18-10-12-23-22(14-18)16-25-24(23)13-11-19(2)28(25)27-15-20(3)26(17-29(27)4)21-8-6-5-7-9-21;1-18-10-12-22-16-25-23(24(22)14-18)13-11-19(2)28(25)27-15-20(3)26(17-29(27)4)21-8-6-5-7-9-21/h2*8-9,12-15,17,21H,5-7,10-11,16H2,1-4H3;2*10-15,17,21H,5-9,16H2,1-4H3/q4*+1. The Morgan fingerprint density at radius 2 is 0.552 bits per heavy atom. The molecule has 4 aromatic heterocycles. The number of aryl methyl sites for hydroxylation is 16. The van der Waals surface area contributed by atoms with E-state index in [0.717, 1.165) is 49.4 Å². The van der Waals surface area contributed by atoms with Gasteiger partial charge in [0.1, 0.15) is 28.2 Å². The third kappa shape index (κ3) is 15.0. The van der Waals surface area contributed by atoms with Crippen LogP contribution in [0.4, 0.5) is 0 Å². The number of nitrogens with zero attached hydrogens (tertiary/aromatic N) is 4. The van der Waals surface area contributed by atoms with E-state index in [9.17, 15) is 0 Å². The van der Waals surface area contributed by atoms with E-state index < -0.39 is 0 Å². The van der Waals surface area contributed by atoms with Gasteiger partial charge in [-0.05, 0) is 328 Å². The van der Waals surface area contributed by atoms with Crippen molar-refractivity contribution in [2.75, 3.05) is 0 Å². The molecule has 0 amide bonds. The number of hydrogen-bond acceptors (Lipinski definition) is 0. The van der Waals surface area contributed by atoms with Crippen LogP contribution >= 0.6 is 0 Å². The van der Waals surface area contributed by atoms with Crippen molar-refractivity contribution >= 4 is 0 Å². The van der Waals surface area contributed by atoms with Crippen LogP contribution < -0.4 is 18.3 Å². The summed E-state index contributed by atoms with van der Waals surface area (Å²) in [5.74, 6) is 2.99. The summed E-state index contributed by atoms with van der Waals surface area (Å²) in [4.78, 5) is 0. The molecule has 4 heterocycles. The molecule has 8 aliphatic rings. The first kappa shape index (κ1) is 78.9. The molecule has 0 spiro atoms. The molecule has 0 atom stereocenters. The quantitative estimate of drug-likeness (QED) is 0.135. The number of aromatic nitrogens is 4. The summed E-state index contributed by atoms with van der Waals surface area (Å²) in [5.41, 5.74) is 57.8. The zero-order chi connectivity index (χ0) is 80.5. The highest BCUT2D eigenvalue weighted by Gasteiger charge is 2.36. The molecule has 4 heteroatoms. The topological polar surface area (TPSA) is 15.5 Å². The van der Waals surface area contributed by atoms with Gasteiger partial charge in [0.05, 0.1) is 22.3 Å². The third-order valence-corrected chi connectivity index (χ3v) is 29.2. The summed E-state index contributed by atoms with van der Waals surface area (Å²) in [7, 11) is 8.97. The second kappa shape index (κ2) is 33.0. The van der Waals surface area contributed by atoms with E-state index in [1.54, 1.807) is 22.3 Å². The average Bonchev–Trinajstić information content (AvgIpc) is 1.60. The zero-order valence-electron chi connectivity index (χ0n) is 73.2. The third-order valence-electron chi connectivity index (χ3n) is 29.2. The molecule has 4 fully saturated rings. The summed E-state index contributed by atoms with van der Waals surface area (Å²) in [5, 5.41) is 0.